The molecule has 0 saturated carbocycles. The Bertz CT molecular complexity index is 1320. The Morgan fingerprint density at radius 2 is 1.62 bits per heavy atom. The molecular weight excluding hydrogens is 500 g/mol. The standard InChI is InChI=1S/C29H38N4O6/c1-17-14-20-21(29(4,5)39-28(20,2)3)16-18(17)15-19-10-11-22(38-19)24(34)31-23-25(36-7)32-27(33-26(23)37-8)30-12-9-13-35-6/h10-11,14,16H,9,12-13,15H2,1-8H3,(H,31,34)(H,30,32,33). The van der Waals surface area contributed by atoms with E-state index in [4.69, 9.17) is 23.4 Å². The summed E-state index contributed by atoms with van der Waals surface area (Å²) in [6.45, 7) is 11.7. The number of aryl methyl sites for hydroxylation is 1. The Hall–Kier alpha value is -3.63. The van der Waals surface area contributed by atoms with Crippen molar-refractivity contribution >= 4 is 17.5 Å². The first-order valence-corrected chi connectivity index (χ1v) is 13.0. The highest BCUT2D eigenvalue weighted by Gasteiger charge is 2.43. The molecule has 1 aromatic carbocycles. The summed E-state index contributed by atoms with van der Waals surface area (Å²) in [5, 5.41) is 5.87. The summed E-state index contributed by atoms with van der Waals surface area (Å²) in [5.74, 6) is 1.00. The van der Waals surface area contributed by atoms with Crippen molar-refractivity contribution in [2.75, 3.05) is 45.1 Å². The molecule has 3 heterocycles. The molecule has 0 spiro atoms. The van der Waals surface area contributed by atoms with Gasteiger partial charge in [0, 0.05) is 26.7 Å². The van der Waals surface area contributed by atoms with Crippen LogP contribution in [0.1, 0.15) is 72.7 Å². The zero-order chi connectivity index (χ0) is 28.4. The number of carbonyl (C=O) groups is 1. The van der Waals surface area contributed by atoms with E-state index in [1.807, 2.05) is 6.07 Å². The summed E-state index contributed by atoms with van der Waals surface area (Å²) in [4.78, 5) is 21.8. The van der Waals surface area contributed by atoms with Crippen LogP contribution in [0, 0.1) is 6.92 Å². The van der Waals surface area contributed by atoms with Gasteiger partial charge in [-0.15, -0.1) is 0 Å². The highest BCUT2D eigenvalue weighted by Crippen LogP contribution is 2.47. The lowest BCUT2D eigenvalue weighted by molar-refractivity contribution is -0.105. The number of anilines is 2. The van der Waals surface area contributed by atoms with Crippen molar-refractivity contribution in [3.8, 4) is 11.8 Å². The van der Waals surface area contributed by atoms with Gasteiger partial charge in [0.1, 0.15) is 5.76 Å². The fraction of sp³-hybridized carbons (Fsp3) is 0.483. The smallest absolute Gasteiger partial charge is 0.291 e. The number of benzene rings is 1. The van der Waals surface area contributed by atoms with E-state index in [-0.39, 0.29) is 34.4 Å². The summed E-state index contributed by atoms with van der Waals surface area (Å²) >= 11 is 0. The number of carbonyl (C=O) groups excluding carboxylic acids is 1. The summed E-state index contributed by atoms with van der Waals surface area (Å²) in [7, 11) is 4.57. The predicted molar refractivity (Wildman–Crippen MR) is 148 cm³/mol. The number of nitrogens with one attached hydrogen (secondary N) is 2. The van der Waals surface area contributed by atoms with Gasteiger partial charge in [-0.25, -0.2) is 0 Å². The summed E-state index contributed by atoms with van der Waals surface area (Å²) in [5.41, 5.74) is 4.13. The van der Waals surface area contributed by atoms with E-state index in [0.717, 1.165) is 17.5 Å². The molecule has 0 atom stereocenters. The van der Waals surface area contributed by atoms with Crippen LogP contribution in [-0.4, -0.2) is 50.4 Å². The van der Waals surface area contributed by atoms with Crippen LogP contribution in [0.25, 0.3) is 0 Å². The molecule has 2 aromatic heterocycles. The molecule has 0 saturated heterocycles. The van der Waals surface area contributed by atoms with Crippen molar-refractivity contribution in [2.24, 2.45) is 0 Å². The second-order valence-corrected chi connectivity index (χ2v) is 10.6. The summed E-state index contributed by atoms with van der Waals surface area (Å²) < 4.78 is 28.1. The molecule has 1 amide bonds. The van der Waals surface area contributed by atoms with Crippen molar-refractivity contribution in [2.45, 2.75) is 58.7 Å². The van der Waals surface area contributed by atoms with Crippen LogP contribution in [0.3, 0.4) is 0 Å². The Balaban J connectivity index is 1.51. The molecule has 4 rings (SSSR count). The van der Waals surface area contributed by atoms with E-state index in [1.54, 1.807) is 13.2 Å². The quantitative estimate of drug-likeness (QED) is 0.318. The maximum atomic E-state index is 13.1. The van der Waals surface area contributed by atoms with Gasteiger partial charge in [0.2, 0.25) is 17.7 Å². The number of fused-ring (bicyclic) bond motifs is 1. The van der Waals surface area contributed by atoms with Crippen LogP contribution in [0.15, 0.2) is 28.7 Å². The van der Waals surface area contributed by atoms with E-state index < -0.39 is 5.91 Å². The van der Waals surface area contributed by atoms with E-state index in [2.05, 4.69) is 67.4 Å². The number of aromatic nitrogens is 2. The van der Waals surface area contributed by atoms with Gasteiger partial charge in [-0.05, 0) is 75.4 Å². The number of hydrogen-bond acceptors (Lipinski definition) is 9. The molecule has 0 radical (unpaired) electrons. The SMILES string of the molecule is COCCCNc1nc(OC)c(NC(=O)c2ccc(Cc3cc4c(cc3C)C(C)(C)OC4(C)C)o2)c(OC)n1. The third-order valence-corrected chi connectivity index (χ3v) is 6.81. The lowest BCUT2D eigenvalue weighted by atomic mass is 9.86. The largest absolute Gasteiger partial charge is 0.479 e. The molecule has 0 unspecified atom stereocenters. The molecule has 3 aromatic rings. The van der Waals surface area contributed by atoms with Gasteiger partial charge >= 0.3 is 0 Å². The topological polar surface area (TPSA) is 117 Å². The third-order valence-electron chi connectivity index (χ3n) is 6.81. The van der Waals surface area contributed by atoms with Crippen LogP contribution in [-0.2, 0) is 27.1 Å². The monoisotopic (exact) mass is 538 g/mol. The highest BCUT2D eigenvalue weighted by molar-refractivity contribution is 6.03. The second-order valence-electron chi connectivity index (χ2n) is 10.6. The molecule has 0 fully saturated rings. The van der Waals surface area contributed by atoms with Crippen molar-refractivity contribution in [3.63, 3.8) is 0 Å². The average molecular weight is 539 g/mol. The van der Waals surface area contributed by atoms with Crippen LogP contribution in [0.5, 0.6) is 11.8 Å². The Kier molecular flexibility index (Phi) is 8.17. The highest BCUT2D eigenvalue weighted by atomic mass is 16.5. The van der Waals surface area contributed by atoms with Crippen molar-refractivity contribution in [1.29, 1.82) is 0 Å². The van der Waals surface area contributed by atoms with Gasteiger partial charge in [-0.2, -0.15) is 9.97 Å². The van der Waals surface area contributed by atoms with Gasteiger partial charge < -0.3 is 34.0 Å². The van der Waals surface area contributed by atoms with Crippen molar-refractivity contribution in [3.05, 3.63) is 58.0 Å². The van der Waals surface area contributed by atoms with Crippen LogP contribution < -0.4 is 20.1 Å². The number of rotatable bonds is 11. The maximum Gasteiger partial charge on any atom is 0.291 e. The molecular formula is C29H38N4O6. The molecule has 210 valence electrons. The van der Waals surface area contributed by atoms with Gasteiger partial charge in [0.25, 0.3) is 5.91 Å². The van der Waals surface area contributed by atoms with Gasteiger partial charge in [-0.1, -0.05) is 12.1 Å². The van der Waals surface area contributed by atoms with E-state index >= 15 is 0 Å². The first-order chi connectivity index (χ1) is 18.5. The molecule has 39 heavy (non-hydrogen) atoms. The Morgan fingerprint density at radius 3 is 2.23 bits per heavy atom. The first-order valence-electron chi connectivity index (χ1n) is 13.0. The number of furan rings is 1. The number of nitrogens with zero attached hydrogens (tertiary/aromatic N) is 2. The Morgan fingerprint density at radius 1 is 0.974 bits per heavy atom. The molecule has 1 aliphatic heterocycles. The summed E-state index contributed by atoms with van der Waals surface area (Å²) in [6, 6.07) is 7.85. The zero-order valence-electron chi connectivity index (χ0n) is 24.0. The molecule has 2 N–H and O–H groups in total. The minimum absolute atomic E-state index is 0.152. The lowest BCUT2D eigenvalue weighted by Crippen LogP contribution is -2.22. The first kappa shape index (κ1) is 28.4. The fourth-order valence-electron chi connectivity index (χ4n) is 4.96. The van der Waals surface area contributed by atoms with E-state index in [9.17, 15) is 4.79 Å². The zero-order valence-corrected chi connectivity index (χ0v) is 24.0. The van der Waals surface area contributed by atoms with Gasteiger partial charge in [0.15, 0.2) is 11.4 Å². The van der Waals surface area contributed by atoms with Crippen molar-refractivity contribution < 1.29 is 28.2 Å². The third kappa shape index (κ3) is 6.02. The van der Waals surface area contributed by atoms with Gasteiger partial charge in [-0.3, -0.25) is 4.79 Å². The number of methoxy groups -OCH3 is 3. The molecule has 10 heteroatoms. The fourth-order valence-corrected chi connectivity index (χ4v) is 4.96. The minimum Gasteiger partial charge on any atom is -0.479 e. The Labute approximate surface area is 229 Å². The number of amides is 1. The predicted octanol–water partition coefficient (Wildman–Crippen LogP) is 5.19. The molecule has 1 aliphatic rings. The molecule has 10 nitrogen and oxygen atoms in total. The maximum absolute atomic E-state index is 13.1. The van der Waals surface area contributed by atoms with E-state index in [1.165, 1.54) is 25.3 Å². The lowest BCUT2D eigenvalue weighted by Gasteiger charge is -2.24. The van der Waals surface area contributed by atoms with Crippen molar-refractivity contribution in [1.82, 2.24) is 9.97 Å². The van der Waals surface area contributed by atoms with Crippen LogP contribution in [0.2, 0.25) is 0 Å². The van der Waals surface area contributed by atoms with E-state index in [0.29, 0.717) is 31.3 Å². The van der Waals surface area contributed by atoms with Gasteiger partial charge in [0.05, 0.1) is 25.4 Å². The van der Waals surface area contributed by atoms with Crippen LogP contribution >= 0.6 is 0 Å². The average Bonchev–Trinajstić information content (AvgIpc) is 3.42. The van der Waals surface area contributed by atoms with Crippen LogP contribution in [0.4, 0.5) is 11.6 Å². The number of hydrogen-bond donors (Lipinski definition) is 2. The minimum atomic E-state index is -0.468. The molecule has 0 aliphatic carbocycles. The normalized spacial score (nSPS) is 15.1. The second kappa shape index (κ2) is 11.2. The summed E-state index contributed by atoms with van der Waals surface area (Å²) in [6.07, 6.45) is 1.32. The molecule has 0 bridgehead atoms. The number of ether oxygens (including phenoxy) is 4.